The first kappa shape index (κ1) is 24.3. The van der Waals surface area contributed by atoms with E-state index >= 15 is 0 Å². The summed E-state index contributed by atoms with van der Waals surface area (Å²) in [4.78, 5) is 17.8. The van der Waals surface area contributed by atoms with Gasteiger partial charge in [0.05, 0.1) is 16.9 Å². The second kappa shape index (κ2) is 10.7. The number of ether oxygens (including phenoxy) is 1. The third-order valence-electron chi connectivity index (χ3n) is 7.47. The molecule has 1 fully saturated rings. The number of hydrogen-bond acceptors (Lipinski definition) is 5. The number of fused-ring (bicyclic) bond motifs is 1. The number of anilines is 2. The van der Waals surface area contributed by atoms with Gasteiger partial charge in [0.1, 0.15) is 6.17 Å². The lowest BCUT2D eigenvalue weighted by Crippen LogP contribution is -2.51. The minimum absolute atomic E-state index is 0.0823. The van der Waals surface area contributed by atoms with Gasteiger partial charge in [-0.15, -0.1) is 0 Å². The van der Waals surface area contributed by atoms with Crippen LogP contribution in [-0.2, 0) is 10.3 Å². The molecule has 5 rings (SSSR count). The van der Waals surface area contributed by atoms with Crippen molar-refractivity contribution in [2.75, 3.05) is 43.4 Å². The Morgan fingerprint density at radius 1 is 0.972 bits per heavy atom. The predicted molar refractivity (Wildman–Crippen MR) is 145 cm³/mol. The number of benzene rings is 3. The van der Waals surface area contributed by atoms with Crippen molar-refractivity contribution in [2.24, 2.45) is 0 Å². The minimum Gasteiger partial charge on any atom is -0.399 e. The van der Waals surface area contributed by atoms with Crippen molar-refractivity contribution in [3.63, 3.8) is 0 Å². The van der Waals surface area contributed by atoms with Gasteiger partial charge < -0.3 is 25.6 Å². The van der Waals surface area contributed by atoms with Crippen molar-refractivity contribution < 1.29 is 9.53 Å². The number of nitrogens with two attached hydrogens (primary N) is 1. The SMILES string of the molecule is CCCOC1(c2ccccc2)CCN(CCN2c3ccc(N)cc3C(=O)NC2c2ccccc2)CC1. The lowest BCUT2D eigenvalue weighted by atomic mass is 9.84. The molecule has 6 nitrogen and oxygen atoms in total. The minimum atomic E-state index is -0.212. The van der Waals surface area contributed by atoms with Gasteiger partial charge in [-0.1, -0.05) is 67.6 Å². The summed E-state index contributed by atoms with van der Waals surface area (Å²) in [6.45, 7) is 6.60. The number of carbonyl (C=O) groups is 1. The van der Waals surface area contributed by atoms with E-state index in [0.29, 0.717) is 11.3 Å². The Kier molecular flexibility index (Phi) is 7.25. The molecule has 2 aliphatic heterocycles. The highest BCUT2D eigenvalue weighted by Crippen LogP contribution is 2.38. The van der Waals surface area contributed by atoms with Gasteiger partial charge in [-0.2, -0.15) is 0 Å². The van der Waals surface area contributed by atoms with Crippen LogP contribution in [0.4, 0.5) is 11.4 Å². The maximum absolute atomic E-state index is 12.9. The molecular weight excluding hydrogens is 448 g/mol. The molecule has 0 saturated carbocycles. The van der Waals surface area contributed by atoms with Crippen molar-refractivity contribution in [3.05, 3.63) is 95.6 Å². The summed E-state index contributed by atoms with van der Waals surface area (Å²) in [5.74, 6) is -0.0823. The van der Waals surface area contributed by atoms with Gasteiger partial charge in [-0.25, -0.2) is 0 Å². The van der Waals surface area contributed by atoms with Gasteiger partial charge in [0, 0.05) is 38.5 Å². The number of amides is 1. The van der Waals surface area contributed by atoms with Crippen LogP contribution in [0.3, 0.4) is 0 Å². The summed E-state index contributed by atoms with van der Waals surface area (Å²) in [5, 5.41) is 3.20. The second-order valence-electron chi connectivity index (χ2n) is 9.81. The maximum Gasteiger partial charge on any atom is 0.255 e. The van der Waals surface area contributed by atoms with Crippen molar-refractivity contribution in [2.45, 2.75) is 38.0 Å². The zero-order valence-electron chi connectivity index (χ0n) is 21.0. The molecule has 1 atom stereocenters. The molecule has 3 aromatic rings. The quantitative estimate of drug-likeness (QED) is 0.444. The number of rotatable bonds is 8. The highest BCUT2D eigenvalue weighted by Gasteiger charge is 2.38. The van der Waals surface area contributed by atoms with Gasteiger partial charge in [-0.3, -0.25) is 4.79 Å². The Morgan fingerprint density at radius 3 is 2.36 bits per heavy atom. The summed E-state index contributed by atoms with van der Waals surface area (Å²) >= 11 is 0. The number of nitrogens with one attached hydrogen (secondary N) is 1. The molecule has 2 aliphatic rings. The van der Waals surface area contributed by atoms with Crippen LogP contribution >= 0.6 is 0 Å². The Morgan fingerprint density at radius 2 is 1.67 bits per heavy atom. The van der Waals surface area contributed by atoms with Crippen molar-refractivity contribution in [1.82, 2.24) is 10.2 Å². The third-order valence-corrected chi connectivity index (χ3v) is 7.47. The Hall–Kier alpha value is -3.35. The molecule has 2 heterocycles. The maximum atomic E-state index is 12.9. The smallest absolute Gasteiger partial charge is 0.255 e. The van der Waals surface area contributed by atoms with E-state index in [-0.39, 0.29) is 17.7 Å². The molecule has 0 radical (unpaired) electrons. The highest BCUT2D eigenvalue weighted by atomic mass is 16.5. The molecule has 0 bridgehead atoms. The molecule has 188 valence electrons. The lowest BCUT2D eigenvalue weighted by molar-refractivity contribution is -0.0894. The number of likely N-dealkylation sites (tertiary alicyclic amines) is 1. The first-order valence-corrected chi connectivity index (χ1v) is 13.0. The normalized spacial score (nSPS) is 19.5. The molecule has 1 unspecified atom stereocenters. The van der Waals surface area contributed by atoms with E-state index in [2.05, 4.69) is 64.5 Å². The summed E-state index contributed by atoms with van der Waals surface area (Å²) in [7, 11) is 0. The molecule has 1 saturated heterocycles. The zero-order chi connectivity index (χ0) is 25.0. The molecule has 3 aromatic carbocycles. The second-order valence-corrected chi connectivity index (χ2v) is 9.81. The standard InChI is InChI=1S/C30H36N4O2/c1-2-21-36-30(24-11-7-4-8-12-24)15-17-33(18-16-30)19-20-34-27-14-13-25(31)22-26(27)29(35)32-28(34)23-9-5-3-6-10-23/h3-14,22,28H,2,15-21,31H2,1H3,(H,32,35). The van der Waals surface area contributed by atoms with Crippen LogP contribution in [0.15, 0.2) is 78.9 Å². The van der Waals surface area contributed by atoms with E-state index in [1.807, 2.05) is 30.3 Å². The topological polar surface area (TPSA) is 70.8 Å². The summed E-state index contributed by atoms with van der Waals surface area (Å²) < 4.78 is 6.50. The average molecular weight is 485 g/mol. The molecule has 3 N–H and O–H groups in total. The number of hydrogen-bond donors (Lipinski definition) is 2. The van der Waals surface area contributed by atoms with E-state index in [1.54, 1.807) is 6.07 Å². The Balaban J connectivity index is 1.32. The van der Waals surface area contributed by atoms with E-state index in [1.165, 1.54) is 5.56 Å². The fraction of sp³-hybridized carbons (Fsp3) is 0.367. The van der Waals surface area contributed by atoms with Crippen LogP contribution in [-0.4, -0.2) is 43.6 Å². The van der Waals surface area contributed by atoms with E-state index in [9.17, 15) is 4.79 Å². The van der Waals surface area contributed by atoms with E-state index < -0.39 is 0 Å². The molecule has 6 heteroatoms. The van der Waals surface area contributed by atoms with Gasteiger partial charge in [0.2, 0.25) is 0 Å². The Bertz CT molecular complexity index is 1160. The highest BCUT2D eigenvalue weighted by molar-refractivity contribution is 6.02. The fourth-order valence-corrected chi connectivity index (χ4v) is 5.50. The first-order valence-electron chi connectivity index (χ1n) is 13.0. The molecule has 1 amide bonds. The van der Waals surface area contributed by atoms with Gasteiger partial charge in [0.15, 0.2) is 0 Å². The monoisotopic (exact) mass is 484 g/mol. The number of nitrogen functional groups attached to an aromatic ring is 1. The van der Waals surface area contributed by atoms with Crippen LogP contribution < -0.4 is 16.0 Å². The zero-order valence-corrected chi connectivity index (χ0v) is 21.0. The molecular formula is C30H36N4O2. The van der Waals surface area contributed by atoms with Crippen molar-refractivity contribution in [3.8, 4) is 0 Å². The summed E-state index contributed by atoms with van der Waals surface area (Å²) in [6.07, 6.45) is 2.76. The van der Waals surface area contributed by atoms with Crippen LogP contribution in [0.25, 0.3) is 0 Å². The van der Waals surface area contributed by atoms with Crippen LogP contribution in [0.2, 0.25) is 0 Å². The van der Waals surface area contributed by atoms with Gasteiger partial charge in [0.25, 0.3) is 5.91 Å². The lowest BCUT2D eigenvalue weighted by Gasteiger charge is -2.44. The number of carbonyl (C=O) groups excluding carboxylic acids is 1. The number of piperidine rings is 1. The average Bonchev–Trinajstić information content (AvgIpc) is 2.93. The van der Waals surface area contributed by atoms with Crippen molar-refractivity contribution >= 4 is 17.3 Å². The van der Waals surface area contributed by atoms with Crippen LogP contribution in [0.1, 0.15) is 53.8 Å². The molecule has 0 spiro atoms. The fourth-order valence-electron chi connectivity index (χ4n) is 5.50. The van der Waals surface area contributed by atoms with Crippen molar-refractivity contribution in [1.29, 1.82) is 0 Å². The molecule has 0 aromatic heterocycles. The largest absolute Gasteiger partial charge is 0.399 e. The van der Waals surface area contributed by atoms with E-state index in [0.717, 1.165) is 63.3 Å². The first-order chi connectivity index (χ1) is 17.6. The van der Waals surface area contributed by atoms with Gasteiger partial charge >= 0.3 is 0 Å². The predicted octanol–water partition coefficient (Wildman–Crippen LogP) is 4.94. The van der Waals surface area contributed by atoms with E-state index in [4.69, 9.17) is 10.5 Å². The third kappa shape index (κ3) is 4.97. The van der Waals surface area contributed by atoms with Crippen LogP contribution in [0, 0.1) is 0 Å². The number of nitrogens with zero attached hydrogens (tertiary/aromatic N) is 2. The molecule has 0 aliphatic carbocycles. The summed E-state index contributed by atoms with van der Waals surface area (Å²) in [5.41, 5.74) is 10.3. The molecule has 36 heavy (non-hydrogen) atoms. The summed E-state index contributed by atoms with van der Waals surface area (Å²) in [6, 6.07) is 26.5. The van der Waals surface area contributed by atoms with Crippen LogP contribution in [0.5, 0.6) is 0 Å². The Labute approximate surface area is 214 Å². The van der Waals surface area contributed by atoms with Gasteiger partial charge in [-0.05, 0) is 48.6 Å².